The first-order chi connectivity index (χ1) is 10.1. The van der Waals surface area contributed by atoms with E-state index in [1.807, 2.05) is 0 Å². The van der Waals surface area contributed by atoms with Crippen molar-refractivity contribution in [2.75, 3.05) is 13.1 Å². The normalized spacial score (nSPS) is 18.4. The predicted octanol–water partition coefficient (Wildman–Crippen LogP) is 0.955. The smallest absolute Gasteiger partial charge is 0.244 e. The third-order valence-corrected chi connectivity index (χ3v) is 5.63. The average molecular weight is 305 g/mol. The van der Waals surface area contributed by atoms with E-state index < -0.39 is 10.0 Å². The molecule has 0 spiro atoms. The lowest BCUT2D eigenvalue weighted by molar-refractivity contribution is 0.388. The summed E-state index contributed by atoms with van der Waals surface area (Å²) in [7, 11) is -3.47. The van der Waals surface area contributed by atoms with Crippen molar-refractivity contribution in [3.8, 4) is 11.8 Å². The molecule has 1 aromatic rings. The largest absolute Gasteiger partial charge is 0.320 e. The Morgan fingerprint density at radius 1 is 1.29 bits per heavy atom. The summed E-state index contributed by atoms with van der Waals surface area (Å²) in [5.41, 5.74) is 5.92. The number of sulfonamides is 1. The fraction of sp³-hybridized carbons (Fsp3) is 0.533. The van der Waals surface area contributed by atoms with Crippen LogP contribution < -0.4 is 5.73 Å². The molecule has 2 aliphatic carbocycles. The first-order valence-corrected chi connectivity index (χ1v) is 8.71. The van der Waals surface area contributed by atoms with Gasteiger partial charge in [0, 0.05) is 30.5 Å². The minimum absolute atomic E-state index is 0.175. The van der Waals surface area contributed by atoms with E-state index in [1.54, 1.807) is 16.6 Å². The number of nitrogens with two attached hydrogens (primary N) is 1. The van der Waals surface area contributed by atoms with Crippen LogP contribution in [-0.2, 0) is 10.0 Å². The maximum Gasteiger partial charge on any atom is 0.244 e. The quantitative estimate of drug-likeness (QED) is 0.822. The molecule has 0 saturated heterocycles. The second kappa shape index (κ2) is 5.76. The lowest BCUT2D eigenvalue weighted by Gasteiger charge is -2.21. The molecule has 0 amide bonds. The molecule has 1 heterocycles. The van der Waals surface area contributed by atoms with Crippen molar-refractivity contribution in [1.29, 1.82) is 0 Å². The van der Waals surface area contributed by atoms with Gasteiger partial charge in [0.2, 0.25) is 10.0 Å². The van der Waals surface area contributed by atoms with Crippen LogP contribution in [0.15, 0.2) is 23.4 Å². The highest BCUT2D eigenvalue weighted by Crippen LogP contribution is 2.37. The molecule has 2 saturated carbocycles. The topological polar surface area (TPSA) is 76.3 Å². The highest BCUT2D eigenvalue weighted by atomic mass is 32.2. The highest BCUT2D eigenvalue weighted by molar-refractivity contribution is 7.89. The van der Waals surface area contributed by atoms with Gasteiger partial charge in [0.25, 0.3) is 0 Å². The second-order valence-electron chi connectivity index (χ2n) is 5.66. The maximum atomic E-state index is 12.8. The van der Waals surface area contributed by atoms with Crippen molar-refractivity contribution in [2.24, 2.45) is 11.7 Å². The molecule has 21 heavy (non-hydrogen) atoms. The summed E-state index contributed by atoms with van der Waals surface area (Å²) in [5.74, 6) is 6.09. The highest BCUT2D eigenvalue weighted by Gasteiger charge is 2.41. The standard InChI is InChI=1S/C15H19N3O2S/c16-7-1-2-13-8-15(10-17-9-13)21(19,20)18(14-5-6-14)11-12-3-4-12/h8-10,12,14H,3-7,11,16H2. The van der Waals surface area contributed by atoms with Crippen LogP contribution in [0, 0.1) is 17.8 Å². The lowest BCUT2D eigenvalue weighted by atomic mass is 10.3. The first-order valence-electron chi connectivity index (χ1n) is 7.27. The van der Waals surface area contributed by atoms with Crippen molar-refractivity contribution in [3.05, 3.63) is 24.0 Å². The molecule has 0 bridgehead atoms. The Labute approximate surface area is 125 Å². The number of pyridine rings is 1. The van der Waals surface area contributed by atoms with Gasteiger partial charge >= 0.3 is 0 Å². The van der Waals surface area contributed by atoms with Gasteiger partial charge in [-0.2, -0.15) is 4.31 Å². The van der Waals surface area contributed by atoms with Crippen molar-refractivity contribution in [3.63, 3.8) is 0 Å². The number of rotatable bonds is 5. The first kappa shape index (κ1) is 14.5. The van der Waals surface area contributed by atoms with Crippen LogP contribution in [0.3, 0.4) is 0 Å². The van der Waals surface area contributed by atoms with Gasteiger partial charge < -0.3 is 5.73 Å². The Morgan fingerprint density at radius 3 is 2.67 bits per heavy atom. The monoisotopic (exact) mass is 305 g/mol. The maximum absolute atomic E-state index is 12.8. The summed E-state index contributed by atoms with van der Waals surface area (Å²) < 4.78 is 27.3. The minimum Gasteiger partial charge on any atom is -0.320 e. The average Bonchev–Trinajstić information content (AvgIpc) is 3.36. The van der Waals surface area contributed by atoms with Crippen LogP contribution in [0.1, 0.15) is 31.2 Å². The third-order valence-electron chi connectivity index (χ3n) is 3.74. The lowest BCUT2D eigenvalue weighted by Crippen LogP contribution is -2.35. The molecule has 2 N–H and O–H groups in total. The van der Waals surface area contributed by atoms with Crippen molar-refractivity contribution in [2.45, 2.75) is 36.6 Å². The predicted molar refractivity (Wildman–Crippen MR) is 79.8 cm³/mol. The summed E-state index contributed by atoms with van der Waals surface area (Å²) in [4.78, 5) is 4.25. The molecule has 0 unspecified atom stereocenters. The molecular weight excluding hydrogens is 286 g/mol. The van der Waals surface area contributed by atoms with E-state index in [2.05, 4.69) is 16.8 Å². The summed E-state index contributed by atoms with van der Waals surface area (Å²) >= 11 is 0. The number of hydrogen-bond donors (Lipinski definition) is 1. The zero-order valence-corrected chi connectivity index (χ0v) is 12.6. The Balaban J connectivity index is 1.88. The van der Waals surface area contributed by atoms with Gasteiger partial charge in [-0.3, -0.25) is 4.98 Å². The van der Waals surface area contributed by atoms with E-state index >= 15 is 0 Å². The fourth-order valence-electron chi connectivity index (χ4n) is 2.28. The SMILES string of the molecule is NCC#Cc1cncc(S(=O)(=O)N(CC2CC2)C2CC2)c1. The zero-order valence-electron chi connectivity index (χ0n) is 11.8. The van der Waals surface area contributed by atoms with Gasteiger partial charge in [-0.1, -0.05) is 11.8 Å². The molecule has 5 nitrogen and oxygen atoms in total. The zero-order chi connectivity index (χ0) is 14.9. The molecule has 2 fully saturated rings. The van der Waals surface area contributed by atoms with E-state index in [1.165, 1.54) is 6.20 Å². The molecule has 0 aliphatic heterocycles. The number of nitrogens with zero attached hydrogens (tertiary/aromatic N) is 2. The molecule has 112 valence electrons. The number of hydrogen-bond acceptors (Lipinski definition) is 4. The molecule has 2 aliphatic rings. The van der Waals surface area contributed by atoms with Crippen LogP contribution in [-0.4, -0.2) is 36.8 Å². The summed E-state index contributed by atoms with van der Waals surface area (Å²) in [6.45, 7) is 0.887. The van der Waals surface area contributed by atoms with E-state index in [-0.39, 0.29) is 17.5 Å². The molecule has 3 rings (SSSR count). The van der Waals surface area contributed by atoms with Gasteiger partial charge in [-0.15, -0.1) is 0 Å². The molecule has 0 atom stereocenters. The van der Waals surface area contributed by atoms with Crippen LogP contribution in [0.2, 0.25) is 0 Å². The van der Waals surface area contributed by atoms with Crippen molar-refractivity contribution < 1.29 is 8.42 Å². The van der Waals surface area contributed by atoms with E-state index in [0.29, 0.717) is 18.0 Å². The van der Waals surface area contributed by atoms with Crippen LogP contribution in [0.5, 0.6) is 0 Å². The van der Waals surface area contributed by atoms with E-state index in [0.717, 1.165) is 25.7 Å². The Morgan fingerprint density at radius 2 is 2.05 bits per heavy atom. The minimum atomic E-state index is -3.47. The van der Waals surface area contributed by atoms with Crippen LogP contribution in [0.25, 0.3) is 0 Å². The number of aromatic nitrogens is 1. The third kappa shape index (κ3) is 3.43. The van der Waals surface area contributed by atoms with Crippen LogP contribution >= 0.6 is 0 Å². The Kier molecular flexibility index (Phi) is 3.98. The van der Waals surface area contributed by atoms with Gasteiger partial charge in [-0.25, -0.2) is 8.42 Å². The summed E-state index contributed by atoms with van der Waals surface area (Å²) in [6, 6.07) is 1.77. The van der Waals surface area contributed by atoms with Crippen molar-refractivity contribution in [1.82, 2.24) is 9.29 Å². The summed E-state index contributed by atoms with van der Waals surface area (Å²) in [5, 5.41) is 0. The molecule has 0 radical (unpaired) electrons. The van der Waals surface area contributed by atoms with Crippen LogP contribution in [0.4, 0.5) is 0 Å². The fourth-order valence-corrected chi connectivity index (χ4v) is 4.03. The molecular formula is C15H19N3O2S. The second-order valence-corrected chi connectivity index (χ2v) is 7.56. The molecule has 6 heteroatoms. The molecule has 1 aromatic heterocycles. The van der Waals surface area contributed by atoms with Gasteiger partial charge in [0.05, 0.1) is 6.54 Å². The Bertz CT molecular complexity index is 682. The van der Waals surface area contributed by atoms with Gasteiger partial charge in [0.15, 0.2) is 0 Å². The molecule has 0 aromatic carbocycles. The van der Waals surface area contributed by atoms with Gasteiger partial charge in [-0.05, 0) is 37.7 Å². The Hall–Kier alpha value is -1.42. The van der Waals surface area contributed by atoms with Crippen molar-refractivity contribution >= 4 is 10.0 Å². The summed E-state index contributed by atoms with van der Waals surface area (Å²) in [6.07, 6.45) is 7.17. The van der Waals surface area contributed by atoms with Gasteiger partial charge in [0.1, 0.15) is 4.90 Å². The van der Waals surface area contributed by atoms with E-state index in [9.17, 15) is 8.42 Å². The van der Waals surface area contributed by atoms with E-state index in [4.69, 9.17) is 5.73 Å².